The summed E-state index contributed by atoms with van der Waals surface area (Å²) in [5.74, 6) is 3.81. The van der Waals surface area contributed by atoms with Crippen LogP contribution in [0.2, 0.25) is 0 Å². The van der Waals surface area contributed by atoms with Crippen molar-refractivity contribution in [3.63, 3.8) is 0 Å². The molecule has 5 nitrogen and oxygen atoms in total. The summed E-state index contributed by atoms with van der Waals surface area (Å²) in [5, 5.41) is 3.88. The molecule has 0 radical (unpaired) electrons. The van der Waals surface area contributed by atoms with Crippen molar-refractivity contribution in [1.82, 2.24) is 5.16 Å². The average molecular weight is 278 g/mol. The highest BCUT2D eigenvalue weighted by molar-refractivity contribution is 8.00. The fourth-order valence-corrected chi connectivity index (χ4v) is 2.38. The van der Waals surface area contributed by atoms with Gasteiger partial charge in [-0.25, -0.2) is 0 Å². The molecule has 2 N–H and O–H groups in total. The van der Waals surface area contributed by atoms with Crippen LogP contribution in [0.1, 0.15) is 0 Å². The van der Waals surface area contributed by atoms with Crippen LogP contribution in [0.15, 0.2) is 28.8 Å². The number of benzene rings is 1. The number of hydrogen-bond donors (Lipinski definition) is 1. The first-order valence-corrected chi connectivity index (χ1v) is 7.07. The Morgan fingerprint density at radius 3 is 2.74 bits per heavy atom. The minimum absolute atomic E-state index is 0.285. The molecule has 19 heavy (non-hydrogen) atoms. The standard InChI is InChI=1S/C13H14N2O3S/c1-16-12-4-8(10-5-13(14)18-15-10)2-3-11(12)17-9-6-19-7-9/h2-5,9H,6-7,14H2,1H3. The van der Waals surface area contributed by atoms with Gasteiger partial charge >= 0.3 is 0 Å². The van der Waals surface area contributed by atoms with Gasteiger partial charge in [-0.1, -0.05) is 5.16 Å². The molecule has 0 atom stereocenters. The Kier molecular flexibility index (Phi) is 3.25. The van der Waals surface area contributed by atoms with Gasteiger partial charge in [-0.3, -0.25) is 0 Å². The summed E-state index contributed by atoms with van der Waals surface area (Å²) in [7, 11) is 1.62. The maximum absolute atomic E-state index is 5.85. The van der Waals surface area contributed by atoms with E-state index >= 15 is 0 Å². The second kappa shape index (κ2) is 5.05. The smallest absolute Gasteiger partial charge is 0.222 e. The third-order valence-corrected chi connectivity index (χ3v) is 4.10. The Morgan fingerprint density at radius 2 is 2.16 bits per heavy atom. The van der Waals surface area contributed by atoms with E-state index in [1.54, 1.807) is 13.2 Å². The highest BCUT2D eigenvalue weighted by atomic mass is 32.2. The zero-order valence-electron chi connectivity index (χ0n) is 10.5. The zero-order valence-corrected chi connectivity index (χ0v) is 11.3. The Balaban J connectivity index is 1.87. The first-order valence-electron chi connectivity index (χ1n) is 5.91. The summed E-state index contributed by atoms with van der Waals surface area (Å²) in [5.41, 5.74) is 7.08. The van der Waals surface area contributed by atoms with Gasteiger partial charge in [0.1, 0.15) is 11.8 Å². The fraction of sp³-hybridized carbons (Fsp3) is 0.308. The summed E-state index contributed by atoms with van der Waals surface area (Å²) < 4.78 is 16.1. The van der Waals surface area contributed by atoms with Crippen LogP contribution in [0.5, 0.6) is 11.5 Å². The number of anilines is 1. The van der Waals surface area contributed by atoms with Crippen molar-refractivity contribution in [2.45, 2.75) is 6.10 Å². The Labute approximate surface area is 115 Å². The van der Waals surface area contributed by atoms with E-state index in [1.807, 2.05) is 30.0 Å². The Morgan fingerprint density at radius 1 is 1.32 bits per heavy atom. The molecule has 1 aromatic carbocycles. The lowest BCUT2D eigenvalue weighted by molar-refractivity contribution is 0.228. The molecule has 0 amide bonds. The van der Waals surface area contributed by atoms with Gasteiger partial charge < -0.3 is 19.7 Å². The average Bonchev–Trinajstić information content (AvgIpc) is 2.80. The van der Waals surface area contributed by atoms with E-state index in [2.05, 4.69) is 5.16 Å². The molecule has 0 saturated carbocycles. The number of nitrogens with two attached hydrogens (primary N) is 1. The first-order chi connectivity index (χ1) is 9.26. The summed E-state index contributed by atoms with van der Waals surface area (Å²) in [4.78, 5) is 0. The number of ether oxygens (including phenoxy) is 2. The molecule has 1 aliphatic rings. The molecule has 2 heterocycles. The van der Waals surface area contributed by atoms with Gasteiger partial charge in [0.2, 0.25) is 5.88 Å². The van der Waals surface area contributed by atoms with Crippen molar-refractivity contribution in [3.05, 3.63) is 24.3 Å². The van der Waals surface area contributed by atoms with E-state index in [0.717, 1.165) is 22.8 Å². The third-order valence-electron chi connectivity index (χ3n) is 2.89. The molecule has 1 aliphatic heterocycles. The third kappa shape index (κ3) is 2.49. The van der Waals surface area contributed by atoms with Gasteiger partial charge in [0, 0.05) is 23.1 Å². The lowest BCUT2D eigenvalue weighted by Crippen LogP contribution is -2.31. The summed E-state index contributed by atoms with van der Waals surface area (Å²) in [6.45, 7) is 0. The van der Waals surface area contributed by atoms with Crippen LogP contribution >= 0.6 is 11.8 Å². The van der Waals surface area contributed by atoms with E-state index in [4.69, 9.17) is 19.7 Å². The molecule has 2 aromatic rings. The minimum Gasteiger partial charge on any atom is -0.493 e. The zero-order chi connectivity index (χ0) is 13.2. The number of nitrogens with zero attached hydrogens (tertiary/aromatic N) is 1. The second-order valence-electron chi connectivity index (χ2n) is 4.26. The number of hydrogen-bond acceptors (Lipinski definition) is 6. The van der Waals surface area contributed by atoms with Gasteiger partial charge in [0.25, 0.3) is 0 Å². The minimum atomic E-state index is 0.285. The van der Waals surface area contributed by atoms with Crippen molar-refractivity contribution in [3.8, 4) is 22.8 Å². The van der Waals surface area contributed by atoms with E-state index < -0.39 is 0 Å². The fourth-order valence-electron chi connectivity index (χ4n) is 1.81. The van der Waals surface area contributed by atoms with Crippen molar-refractivity contribution in [1.29, 1.82) is 0 Å². The maximum Gasteiger partial charge on any atom is 0.222 e. The van der Waals surface area contributed by atoms with Crippen LogP contribution in [0.3, 0.4) is 0 Å². The lowest BCUT2D eigenvalue weighted by atomic mass is 10.1. The number of nitrogen functional groups attached to an aromatic ring is 1. The summed E-state index contributed by atoms with van der Waals surface area (Å²) in [6, 6.07) is 7.36. The normalized spacial score (nSPS) is 15.0. The summed E-state index contributed by atoms with van der Waals surface area (Å²) >= 11 is 1.88. The van der Waals surface area contributed by atoms with Crippen LogP contribution in [0.25, 0.3) is 11.3 Å². The largest absolute Gasteiger partial charge is 0.493 e. The maximum atomic E-state index is 5.85. The van der Waals surface area contributed by atoms with Gasteiger partial charge in [-0.05, 0) is 18.2 Å². The Bertz CT molecular complexity index is 581. The SMILES string of the molecule is COc1cc(-c2cc(N)on2)ccc1OC1CSC1. The van der Waals surface area contributed by atoms with E-state index in [1.165, 1.54) is 0 Å². The van der Waals surface area contributed by atoms with Crippen molar-refractivity contribution < 1.29 is 14.0 Å². The number of methoxy groups -OCH3 is 1. The lowest BCUT2D eigenvalue weighted by Gasteiger charge is -2.26. The van der Waals surface area contributed by atoms with Crippen LogP contribution < -0.4 is 15.2 Å². The second-order valence-corrected chi connectivity index (χ2v) is 5.33. The molecule has 1 fully saturated rings. The molecular formula is C13H14N2O3S. The van der Waals surface area contributed by atoms with Gasteiger partial charge in [0.15, 0.2) is 11.5 Å². The molecule has 1 saturated heterocycles. The molecule has 0 spiro atoms. The molecule has 0 aliphatic carbocycles. The van der Waals surface area contributed by atoms with Crippen molar-refractivity contribution in [2.75, 3.05) is 24.3 Å². The van der Waals surface area contributed by atoms with E-state index in [9.17, 15) is 0 Å². The molecule has 1 aromatic heterocycles. The first kappa shape index (κ1) is 12.2. The highest BCUT2D eigenvalue weighted by Crippen LogP contribution is 2.35. The van der Waals surface area contributed by atoms with E-state index in [0.29, 0.717) is 17.3 Å². The van der Waals surface area contributed by atoms with Crippen molar-refractivity contribution in [2.24, 2.45) is 0 Å². The molecule has 6 heteroatoms. The number of rotatable bonds is 4. The van der Waals surface area contributed by atoms with Gasteiger partial charge in [-0.15, -0.1) is 0 Å². The number of thioether (sulfide) groups is 1. The molecular weight excluding hydrogens is 264 g/mol. The molecule has 0 unspecified atom stereocenters. The van der Waals surface area contributed by atoms with Crippen LogP contribution in [0.4, 0.5) is 5.88 Å². The highest BCUT2D eigenvalue weighted by Gasteiger charge is 2.21. The summed E-state index contributed by atoms with van der Waals surface area (Å²) in [6.07, 6.45) is 0.285. The van der Waals surface area contributed by atoms with Crippen LogP contribution in [-0.2, 0) is 0 Å². The van der Waals surface area contributed by atoms with Gasteiger partial charge in [0.05, 0.1) is 7.11 Å². The van der Waals surface area contributed by atoms with Crippen LogP contribution in [0, 0.1) is 0 Å². The van der Waals surface area contributed by atoms with E-state index in [-0.39, 0.29) is 6.10 Å². The molecule has 0 bridgehead atoms. The predicted molar refractivity (Wildman–Crippen MR) is 74.6 cm³/mol. The van der Waals surface area contributed by atoms with Gasteiger partial charge in [-0.2, -0.15) is 11.8 Å². The van der Waals surface area contributed by atoms with Crippen LogP contribution in [-0.4, -0.2) is 29.9 Å². The molecule has 100 valence electrons. The predicted octanol–water partition coefficient (Wildman–Crippen LogP) is 2.43. The number of aromatic nitrogens is 1. The molecule has 3 rings (SSSR count). The topological polar surface area (TPSA) is 70.5 Å². The van der Waals surface area contributed by atoms with Crippen molar-refractivity contribution >= 4 is 17.6 Å². The Hall–Kier alpha value is -1.82. The quantitative estimate of drug-likeness (QED) is 0.926. The monoisotopic (exact) mass is 278 g/mol.